The molecule has 0 atom stereocenters. The molecule has 0 aliphatic heterocycles. The fourth-order valence-electron chi connectivity index (χ4n) is 1.77. The summed E-state index contributed by atoms with van der Waals surface area (Å²) in [6.45, 7) is 7.55. The van der Waals surface area contributed by atoms with Gasteiger partial charge in [-0.2, -0.15) is 0 Å². The average molecular weight is 352 g/mol. The van der Waals surface area contributed by atoms with Gasteiger partial charge >= 0.3 is 11.9 Å². The highest BCUT2D eigenvalue weighted by atomic mass is 16.4. The van der Waals surface area contributed by atoms with Gasteiger partial charge in [0.15, 0.2) is 0 Å². The van der Waals surface area contributed by atoms with E-state index in [9.17, 15) is 19.5 Å². The summed E-state index contributed by atoms with van der Waals surface area (Å²) in [5.74, 6) is -2.72. The van der Waals surface area contributed by atoms with Crippen LogP contribution in [0.5, 0.6) is 5.75 Å². The zero-order valence-corrected chi connectivity index (χ0v) is 14.3. The van der Waals surface area contributed by atoms with E-state index >= 15 is 0 Å². The van der Waals surface area contributed by atoms with Crippen molar-refractivity contribution in [2.45, 2.75) is 13.8 Å². The van der Waals surface area contributed by atoms with Crippen LogP contribution in [0.15, 0.2) is 36.4 Å². The molecular formula is C17H24N2O6. The minimum atomic E-state index is -1.26. The van der Waals surface area contributed by atoms with Crippen molar-refractivity contribution in [3.05, 3.63) is 42.0 Å². The van der Waals surface area contributed by atoms with Crippen molar-refractivity contribution in [2.24, 2.45) is 0 Å². The maximum absolute atomic E-state index is 11.7. The maximum Gasteiger partial charge on any atom is 0.328 e. The van der Waals surface area contributed by atoms with Gasteiger partial charge in [0.2, 0.25) is 0 Å². The predicted molar refractivity (Wildman–Crippen MR) is 92.6 cm³/mol. The van der Waals surface area contributed by atoms with Gasteiger partial charge in [0.05, 0.1) is 5.56 Å². The third-order valence-electron chi connectivity index (χ3n) is 3.13. The number of aliphatic carboxylic acids is 2. The zero-order valence-electron chi connectivity index (χ0n) is 14.3. The predicted octanol–water partition coefficient (Wildman–Crippen LogP) is 1.18. The van der Waals surface area contributed by atoms with E-state index < -0.39 is 11.9 Å². The molecule has 1 aromatic rings. The van der Waals surface area contributed by atoms with Gasteiger partial charge in [0.25, 0.3) is 5.91 Å². The molecule has 25 heavy (non-hydrogen) atoms. The van der Waals surface area contributed by atoms with Crippen molar-refractivity contribution in [1.82, 2.24) is 10.2 Å². The summed E-state index contributed by atoms with van der Waals surface area (Å²) in [6, 6.07) is 6.56. The lowest BCUT2D eigenvalue weighted by Gasteiger charge is -2.18. The molecule has 1 aromatic carbocycles. The third kappa shape index (κ3) is 10.5. The number of carbonyl (C=O) groups excluding carboxylic acids is 1. The average Bonchev–Trinajstić information content (AvgIpc) is 2.57. The first-order valence-corrected chi connectivity index (χ1v) is 7.74. The lowest BCUT2D eigenvalue weighted by atomic mass is 10.2. The molecule has 0 heterocycles. The maximum atomic E-state index is 11.7. The molecule has 1 rings (SSSR count). The highest BCUT2D eigenvalue weighted by molar-refractivity contribution is 5.96. The highest BCUT2D eigenvalue weighted by Gasteiger charge is 2.09. The van der Waals surface area contributed by atoms with Gasteiger partial charge < -0.3 is 25.5 Å². The monoisotopic (exact) mass is 352 g/mol. The number of carboxylic acids is 2. The SMILES string of the molecule is CCN(CC)CCNC(=O)c1ccccc1O.O=C(O)/C=C\C(=O)O. The first kappa shape index (κ1) is 22.1. The van der Waals surface area contributed by atoms with Crippen LogP contribution < -0.4 is 5.32 Å². The van der Waals surface area contributed by atoms with Crippen LogP contribution in [0.25, 0.3) is 0 Å². The van der Waals surface area contributed by atoms with Crippen molar-refractivity contribution in [3.63, 3.8) is 0 Å². The van der Waals surface area contributed by atoms with E-state index in [2.05, 4.69) is 24.1 Å². The Morgan fingerprint density at radius 2 is 1.56 bits per heavy atom. The summed E-state index contributed by atoms with van der Waals surface area (Å²) < 4.78 is 0. The van der Waals surface area contributed by atoms with E-state index in [0.29, 0.717) is 24.3 Å². The first-order chi connectivity index (χ1) is 11.8. The van der Waals surface area contributed by atoms with Gasteiger partial charge in [-0.05, 0) is 25.2 Å². The number of likely N-dealkylation sites (N-methyl/N-ethyl adjacent to an activating group) is 1. The first-order valence-electron chi connectivity index (χ1n) is 7.74. The second-order valence-corrected chi connectivity index (χ2v) is 4.81. The number of phenolic OH excluding ortho intramolecular Hbond substituents is 1. The molecule has 0 bridgehead atoms. The summed E-state index contributed by atoms with van der Waals surface area (Å²) >= 11 is 0. The van der Waals surface area contributed by atoms with Gasteiger partial charge in [-0.1, -0.05) is 26.0 Å². The van der Waals surface area contributed by atoms with Crippen LogP contribution in [0.4, 0.5) is 0 Å². The molecule has 8 nitrogen and oxygen atoms in total. The highest BCUT2D eigenvalue weighted by Crippen LogP contribution is 2.14. The number of benzene rings is 1. The Kier molecular flexibility index (Phi) is 11.1. The molecule has 0 saturated heterocycles. The fourth-order valence-corrected chi connectivity index (χ4v) is 1.77. The van der Waals surface area contributed by atoms with Gasteiger partial charge in [0, 0.05) is 25.2 Å². The van der Waals surface area contributed by atoms with Gasteiger partial charge in [-0.25, -0.2) is 9.59 Å². The summed E-state index contributed by atoms with van der Waals surface area (Å²) in [7, 11) is 0. The zero-order chi connectivity index (χ0) is 19.2. The molecule has 1 amide bonds. The van der Waals surface area contributed by atoms with Crippen molar-refractivity contribution in [2.75, 3.05) is 26.2 Å². The summed E-state index contributed by atoms with van der Waals surface area (Å²) in [5.41, 5.74) is 0.326. The van der Waals surface area contributed by atoms with Crippen LogP contribution in [0, 0.1) is 0 Å². The number of phenols is 1. The van der Waals surface area contributed by atoms with E-state index in [0.717, 1.165) is 19.6 Å². The normalized spacial score (nSPS) is 10.2. The Hall–Kier alpha value is -2.87. The quantitative estimate of drug-likeness (QED) is 0.517. The third-order valence-corrected chi connectivity index (χ3v) is 3.13. The lowest BCUT2D eigenvalue weighted by molar-refractivity contribution is -0.134. The van der Waals surface area contributed by atoms with Gasteiger partial charge in [-0.15, -0.1) is 0 Å². The largest absolute Gasteiger partial charge is 0.507 e. The standard InChI is InChI=1S/C13H20N2O2.C4H4O4/c1-3-15(4-2)10-9-14-13(17)11-7-5-6-8-12(11)16;5-3(6)1-2-4(7)8/h5-8,16H,3-4,9-10H2,1-2H3,(H,14,17);1-2H,(H,5,6)(H,7,8)/b;2-1-. The molecule has 0 aliphatic rings. The molecule has 0 radical (unpaired) electrons. The number of carboxylic acid groups (broad SMARTS) is 2. The minimum absolute atomic E-state index is 0.0211. The minimum Gasteiger partial charge on any atom is -0.507 e. The van der Waals surface area contributed by atoms with E-state index in [1.54, 1.807) is 18.2 Å². The fraction of sp³-hybridized carbons (Fsp3) is 0.353. The Morgan fingerprint density at radius 3 is 2.00 bits per heavy atom. The number of hydrogen-bond donors (Lipinski definition) is 4. The molecule has 0 unspecified atom stereocenters. The van der Waals surface area contributed by atoms with Crippen molar-refractivity contribution in [3.8, 4) is 5.75 Å². The Bertz CT molecular complexity index is 581. The van der Waals surface area contributed by atoms with Crippen LogP contribution in [0.2, 0.25) is 0 Å². The van der Waals surface area contributed by atoms with E-state index in [1.807, 2.05) is 0 Å². The molecule has 0 aromatic heterocycles. The van der Waals surface area contributed by atoms with Crippen molar-refractivity contribution in [1.29, 1.82) is 0 Å². The second-order valence-electron chi connectivity index (χ2n) is 4.81. The number of hydrogen-bond acceptors (Lipinski definition) is 5. The topological polar surface area (TPSA) is 127 Å². The van der Waals surface area contributed by atoms with Crippen molar-refractivity contribution < 1.29 is 29.7 Å². The van der Waals surface area contributed by atoms with Crippen LogP contribution in [0.1, 0.15) is 24.2 Å². The lowest BCUT2D eigenvalue weighted by Crippen LogP contribution is -2.34. The van der Waals surface area contributed by atoms with Crippen LogP contribution >= 0.6 is 0 Å². The summed E-state index contributed by atoms with van der Waals surface area (Å²) in [6.07, 6.45) is 1.12. The van der Waals surface area contributed by atoms with Crippen LogP contribution in [0.3, 0.4) is 0 Å². The number of amides is 1. The Balaban J connectivity index is 0.000000609. The molecular weight excluding hydrogens is 328 g/mol. The van der Waals surface area contributed by atoms with Crippen molar-refractivity contribution >= 4 is 17.8 Å². The Morgan fingerprint density at radius 1 is 1.04 bits per heavy atom. The molecule has 4 N–H and O–H groups in total. The smallest absolute Gasteiger partial charge is 0.328 e. The number of aromatic hydroxyl groups is 1. The van der Waals surface area contributed by atoms with E-state index in [4.69, 9.17) is 10.2 Å². The van der Waals surface area contributed by atoms with Crippen LogP contribution in [-0.2, 0) is 9.59 Å². The van der Waals surface area contributed by atoms with E-state index in [-0.39, 0.29) is 11.7 Å². The number of nitrogens with zero attached hydrogens (tertiary/aromatic N) is 1. The Labute approximate surface area is 146 Å². The number of nitrogens with one attached hydrogen (secondary N) is 1. The number of carbonyl (C=O) groups is 3. The molecule has 138 valence electrons. The molecule has 0 fully saturated rings. The summed E-state index contributed by atoms with van der Waals surface area (Å²) in [5, 5.41) is 27.9. The van der Waals surface area contributed by atoms with Crippen LogP contribution in [-0.4, -0.2) is 64.2 Å². The van der Waals surface area contributed by atoms with Gasteiger partial charge in [-0.3, -0.25) is 4.79 Å². The molecule has 0 aliphatic carbocycles. The van der Waals surface area contributed by atoms with E-state index in [1.165, 1.54) is 6.07 Å². The molecule has 8 heteroatoms. The number of rotatable bonds is 8. The number of para-hydroxylation sites is 1. The summed E-state index contributed by atoms with van der Waals surface area (Å²) in [4.78, 5) is 33.1. The van der Waals surface area contributed by atoms with Gasteiger partial charge in [0.1, 0.15) is 5.75 Å². The molecule has 0 spiro atoms. The molecule has 0 saturated carbocycles. The second kappa shape index (κ2) is 12.5.